The highest BCUT2D eigenvalue weighted by Gasteiger charge is 2.35. The molecule has 6 nitrogen and oxygen atoms in total. The third-order valence-corrected chi connectivity index (χ3v) is 3.17. The molecule has 0 saturated heterocycles. The Morgan fingerprint density at radius 3 is 2.83 bits per heavy atom. The summed E-state index contributed by atoms with van der Waals surface area (Å²) >= 11 is 5.98. The Morgan fingerprint density at radius 2 is 2.22 bits per heavy atom. The molecule has 0 unspecified atom stereocenters. The smallest absolute Gasteiger partial charge is 0.383 e. The first-order valence-corrected chi connectivity index (χ1v) is 5.86. The van der Waals surface area contributed by atoms with Crippen LogP contribution in [-0.2, 0) is 5.38 Å². The van der Waals surface area contributed by atoms with Gasteiger partial charge in [0.25, 0.3) is 0 Å². The van der Waals surface area contributed by atoms with Crippen LogP contribution in [0, 0.1) is 6.92 Å². The number of nitrogens with zero attached hydrogens (tertiary/aromatic N) is 5. The summed E-state index contributed by atoms with van der Waals surface area (Å²) in [5.41, 5.74) is 0.451. The molecule has 0 radical (unpaired) electrons. The quantitative estimate of drug-likeness (QED) is 0.678. The molecule has 0 N–H and O–H groups in total. The van der Waals surface area contributed by atoms with Gasteiger partial charge < -0.3 is 4.42 Å². The molecule has 0 bridgehead atoms. The number of hydrogen-bond acceptors (Lipinski definition) is 6. The predicted molar refractivity (Wildman–Crippen MR) is 58.6 cm³/mol. The van der Waals surface area contributed by atoms with Gasteiger partial charge in [0.05, 0.1) is 0 Å². The van der Waals surface area contributed by atoms with E-state index in [1.165, 1.54) is 6.26 Å². The van der Waals surface area contributed by atoms with Gasteiger partial charge >= 0.3 is 5.38 Å². The molecule has 3 aromatic heterocycles. The van der Waals surface area contributed by atoms with E-state index in [-0.39, 0.29) is 4.96 Å². The van der Waals surface area contributed by atoms with E-state index < -0.39 is 11.2 Å². The molecule has 18 heavy (non-hydrogen) atoms. The van der Waals surface area contributed by atoms with Gasteiger partial charge in [0, 0.05) is 6.92 Å². The molecule has 94 valence electrons. The number of oxazole rings is 1. The second-order valence-corrected chi connectivity index (χ2v) is 4.81. The van der Waals surface area contributed by atoms with Gasteiger partial charge in [0.1, 0.15) is 12.0 Å². The standard InChI is InChI=1S/C8H4ClF2N5OS/c1-3-12-4(2-17-3)5-15-16-6(8(9,10)11)13-14-7(16)18-5/h2H,1H3. The van der Waals surface area contributed by atoms with E-state index in [4.69, 9.17) is 16.0 Å². The van der Waals surface area contributed by atoms with Gasteiger partial charge in [0.15, 0.2) is 10.9 Å². The van der Waals surface area contributed by atoms with E-state index in [1.54, 1.807) is 6.92 Å². The zero-order valence-electron chi connectivity index (χ0n) is 8.76. The molecule has 10 heteroatoms. The lowest BCUT2D eigenvalue weighted by atomic mass is 10.5. The van der Waals surface area contributed by atoms with Crippen LogP contribution in [-0.4, -0.2) is 24.8 Å². The largest absolute Gasteiger partial charge is 0.449 e. The molecule has 0 aliphatic carbocycles. The van der Waals surface area contributed by atoms with Crippen molar-refractivity contribution in [3.05, 3.63) is 18.0 Å². The summed E-state index contributed by atoms with van der Waals surface area (Å²) in [6.07, 6.45) is 1.39. The second kappa shape index (κ2) is 3.69. The minimum Gasteiger partial charge on any atom is -0.449 e. The molecule has 0 atom stereocenters. The van der Waals surface area contributed by atoms with Crippen LogP contribution >= 0.6 is 22.9 Å². The van der Waals surface area contributed by atoms with Crippen molar-refractivity contribution in [3.8, 4) is 10.7 Å². The Kier molecular flexibility index (Phi) is 2.35. The number of aryl methyl sites for hydroxylation is 1. The van der Waals surface area contributed by atoms with Gasteiger partial charge in [-0.1, -0.05) is 11.3 Å². The van der Waals surface area contributed by atoms with Gasteiger partial charge in [-0.2, -0.15) is 18.4 Å². The van der Waals surface area contributed by atoms with Gasteiger partial charge in [0.2, 0.25) is 10.8 Å². The number of halogens is 3. The van der Waals surface area contributed by atoms with Gasteiger partial charge in [-0.3, -0.25) is 0 Å². The van der Waals surface area contributed by atoms with Crippen molar-refractivity contribution in [2.45, 2.75) is 12.3 Å². The number of rotatable bonds is 2. The Labute approximate surface area is 107 Å². The molecular weight excluding hydrogens is 288 g/mol. The molecule has 0 amide bonds. The zero-order chi connectivity index (χ0) is 12.9. The monoisotopic (exact) mass is 291 g/mol. The van der Waals surface area contributed by atoms with Crippen molar-refractivity contribution in [2.24, 2.45) is 0 Å². The van der Waals surface area contributed by atoms with E-state index >= 15 is 0 Å². The van der Waals surface area contributed by atoms with Crippen molar-refractivity contribution < 1.29 is 13.2 Å². The molecule has 0 aliphatic heterocycles. The lowest BCUT2D eigenvalue weighted by Gasteiger charge is -2.01. The molecule has 0 aromatic carbocycles. The minimum absolute atomic E-state index is 0.209. The fourth-order valence-corrected chi connectivity index (χ4v) is 2.27. The molecule has 0 saturated carbocycles. The maximum absolute atomic E-state index is 13.0. The molecular formula is C8H4ClF2N5OS. The van der Waals surface area contributed by atoms with Crippen LogP contribution in [0.3, 0.4) is 0 Å². The Bertz CT molecular complexity index is 715. The third kappa shape index (κ3) is 1.75. The van der Waals surface area contributed by atoms with Gasteiger partial charge in [-0.25, -0.2) is 4.98 Å². The third-order valence-electron chi connectivity index (χ3n) is 2.08. The summed E-state index contributed by atoms with van der Waals surface area (Å²) in [5.74, 6) is -0.263. The first kappa shape index (κ1) is 11.5. The van der Waals surface area contributed by atoms with Crippen LogP contribution in [0.25, 0.3) is 15.7 Å². The fourth-order valence-electron chi connectivity index (χ4n) is 1.36. The molecule has 3 heterocycles. The highest BCUT2D eigenvalue weighted by atomic mass is 35.5. The number of hydrogen-bond donors (Lipinski definition) is 0. The summed E-state index contributed by atoms with van der Waals surface area (Å²) < 4.78 is 31.9. The summed E-state index contributed by atoms with van der Waals surface area (Å²) in [6.45, 7) is 1.67. The van der Waals surface area contributed by atoms with E-state index in [1.807, 2.05) is 0 Å². The average molecular weight is 292 g/mol. The van der Waals surface area contributed by atoms with Gasteiger partial charge in [-0.05, 0) is 11.6 Å². The first-order valence-electron chi connectivity index (χ1n) is 4.67. The number of alkyl halides is 3. The molecule has 0 spiro atoms. The zero-order valence-corrected chi connectivity index (χ0v) is 10.3. The van der Waals surface area contributed by atoms with Crippen LogP contribution in [0.2, 0.25) is 0 Å². The SMILES string of the molecule is Cc1nc(-c2nn3c(C(F)(F)Cl)nnc3s2)co1. The van der Waals surface area contributed by atoms with E-state index in [0.29, 0.717) is 16.6 Å². The van der Waals surface area contributed by atoms with Crippen molar-refractivity contribution in [1.29, 1.82) is 0 Å². The van der Waals surface area contributed by atoms with E-state index in [0.717, 1.165) is 15.9 Å². The molecule has 3 aromatic rings. The fraction of sp³-hybridized carbons (Fsp3) is 0.250. The summed E-state index contributed by atoms with van der Waals surface area (Å²) in [4.78, 5) is 4.26. The van der Waals surface area contributed by atoms with Crippen LogP contribution in [0.15, 0.2) is 10.7 Å². The minimum atomic E-state index is -3.62. The predicted octanol–water partition coefficient (Wildman–Crippen LogP) is 2.44. The topological polar surface area (TPSA) is 69.1 Å². The van der Waals surface area contributed by atoms with Crippen LogP contribution in [0.1, 0.15) is 11.7 Å². The molecule has 0 fully saturated rings. The van der Waals surface area contributed by atoms with Crippen LogP contribution in [0.4, 0.5) is 8.78 Å². The number of fused-ring (bicyclic) bond motifs is 1. The molecule has 3 rings (SSSR count). The average Bonchev–Trinajstić information content (AvgIpc) is 2.87. The summed E-state index contributed by atoms with van der Waals surface area (Å²) in [5, 5.41) is 7.61. The van der Waals surface area contributed by atoms with E-state index in [9.17, 15) is 8.78 Å². The Balaban J connectivity index is 2.15. The Hall–Kier alpha value is -1.61. The Morgan fingerprint density at radius 1 is 1.44 bits per heavy atom. The highest BCUT2D eigenvalue weighted by Crippen LogP contribution is 2.33. The molecule has 0 aliphatic rings. The lowest BCUT2D eigenvalue weighted by Crippen LogP contribution is -2.10. The van der Waals surface area contributed by atoms with E-state index in [2.05, 4.69) is 20.3 Å². The second-order valence-electron chi connectivity index (χ2n) is 3.37. The van der Waals surface area contributed by atoms with Gasteiger partial charge in [-0.15, -0.1) is 10.2 Å². The number of aromatic nitrogens is 5. The lowest BCUT2D eigenvalue weighted by molar-refractivity contribution is 0.0821. The van der Waals surface area contributed by atoms with Crippen molar-refractivity contribution in [1.82, 2.24) is 24.8 Å². The normalized spacial score (nSPS) is 12.4. The van der Waals surface area contributed by atoms with Crippen LogP contribution in [0.5, 0.6) is 0 Å². The highest BCUT2D eigenvalue weighted by molar-refractivity contribution is 7.19. The van der Waals surface area contributed by atoms with Crippen molar-refractivity contribution in [3.63, 3.8) is 0 Å². The maximum atomic E-state index is 13.0. The van der Waals surface area contributed by atoms with Crippen LogP contribution < -0.4 is 0 Å². The maximum Gasteiger partial charge on any atom is 0.383 e. The van der Waals surface area contributed by atoms with Crippen molar-refractivity contribution >= 4 is 27.9 Å². The first-order chi connectivity index (χ1) is 8.45. The summed E-state index contributed by atoms with van der Waals surface area (Å²) in [6, 6.07) is 0. The van der Waals surface area contributed by atoms with Crippen molar-refractivity contribution in [2.75, 3.05) is 0 Å². The summed E-state index contributed by atoms with van der Waals surface area (Å²) in [7, 11) is 0.